The predicted molar refractivity (Wildman–Crippen MR) is 77.0 cm³/mol. The highest BCUT2D eigenvalue weighted by molar-refractivity contribution is 9.10. The number of benzene rings is 1. The fraction of sp³-hybridized carbons (Fsp3) is 0.462. The van der Waals surface area contributed by atoms with Crippen molar-refractivity contribution < 1.29 is 9.90 Å². The summed E-state index contributed by atoms with van der Waals surface area (Å²) in [6.45, 7) is 5.38. The first-order valence-corrected chi connectivity index (χ1v) is 7.01. The number of carbonyl (C=O) groups is 1. The molecule has 3 nitrogen and oxygen atoms in total. The maximum atomic E-state index is 10.7. The van der Waals surface area contributed by atoms with E-state index < -0.39 is 5.97 Å². The first kappa shape index (κ1) is 15.5. The highest BCUT2D eigenvalue weighted by Gasteiger charge is 2.16. The van der Waals surface area contributed by atoms with E-state index in [9.17, 15) is 4.79 Å². The topological polar surface area (TPSA) is 40.5 Å². The third-order valence-electron chi connectivity index (χ3n) is 2.88. The van der Waals surface area contributed by atoms with Gasteiger partial charge in [0.25, 0.3) is 0 Å². The molecule has 0 saturated heterocycles. The lowest BCUT2D eigenvalue weighted by Gasteiger charge is -2.27. The first-order chi connectivity index (χ1) is 8.43. The van der Waals surface area contributed by atoms with E-state index in [2.05, 4.69) is 20.8 Å². The number of nitrogens with zero attached hydrogens (tertiary/aromatic N) is 1. The smallest absolute Gasteiger partial charge is 0.304 e. The van der Waals surface area contributed by atoms with Crippen LogP contribution in [0.25, 0.3) is 0 Å². The molecule has 5 heteroatoms. The number of halogens is 2. The van der Waals surface area contributed by atoms with E-state index in [0.717, 1.165) is 16.6 Å². The molecule has 1 aromatic rings. The number of carboxylic acids is 1. The SMILES string of the molecule is CCN(Cc1cc(Br)ccc1Cl)C(C)CC(=O)O. The number of hydrogen-bond donors (Lipinski definition) is 1. The van der Waals surface area contributed by atoms with Crippen LogP contribution in [0.1, 0.15) is 25.8 Å². The van der Waals surface area contributed by atoms with Gasteiger partial charge in [0, 0.05) is 22.1 Å². The lowest BCUT2D eigenvalue weighted by molar-refractivity contribution is -0.138. The minimum Gasteiger partial charge on any atom is -0.481 e. The van der Waals surface area contributed by atoms with Crippen molar-refractivity contribution in [2.75, 3.05) is 6.54 Å². The van der Waals surface area contributed by atoms with Crippen LogP contribution in [-0.4, -0.2) is 28.6 Å². The van der Waals surface area contributed by atoms with E-state index in [0.29, 0.717) is 11.6 Å². The van der Waals surface area contributed by atoms with Gasteiger partial charge in [-0.2, -0.15) is 0 Å². The largest absolute Gasteiger partial charge is 0.481 e. The average molecular weight is 335 g/mol. The summed E-state index contributed by atoms with van der Waals surface area (Å²) in [5, 5.41) is 9.54. The van der Waals surface area contributed by atoms with Crippen molar-refractivity contribution in [3.8, 4) is 0 Å². The molecule has 1 rings (SSSR count). The van der Waals surface area contributed by atoms with Crippen LogP contribution in [0.15, 0.2) is 22.7 Å². The molecule has 1 N–H and O–H groups in total. The van der Waals surface area contributed by atoms with Crippen molar-refractivity contribution in [3.63, 3.8) is 0 Å². The number of carboxylic acid groups (broad SMARTS) is 1. The molecule has 0 aliphatic rings. The van der Waals surface area contributed by atoms with E-state index in [4.69, 9.17) is 16.7 Å². The summed E-state index contributed by atoms with van der Waals surface area (Å²) in [4.78, 5) is 12.8. The van der Waals surface area contributed by atoms with Gasteiger partial charge >= 0.3 is 5.97 Å². The standard InChI is InChI=1S/C13H17BrClNO2/c1-3-16(9(2)6-13(17)18)8-10-7-11(14)4-5-12(10)15/h4-5,7,9H,3,6,8H2,1-2H3,(H,17,18). The van der Waals surface area contributed by atoms with E-state index in [1.807, 2.05) is 32.0 Å². The lowest BCUT2D eigenvalue weighted by atomic mass is 10.1. The van der Waals surface area contributed by atoms with Gasteiger partial charge in [-0.25, -0.2) is 0 Å². The van der Waals surface area contributed by atoms with Gasteiger partial charge in [0.15, 0.2) is 0 Å². The summed E-state index contributed by atoms with van der Waals surface area (Å²) in [6.07, 6.45) is 0.138. The second-order valence-corrected chi connectivity index (χ2v) is 5.57. The van der Waals surface area contributed by atoms with E-state index in [-0.39, 0.29) is 12.5 Å². The van der Waals surface area contributed by atoms with Crippen LogP contribution < -0.4 is 0 Å². The molecular formula is C13H17BrClNO2. The second kappa shape index (κ2) is 7.12. The fourth-order valence-electron chi connectivity index (χ4n) is 1.84. The molecule has 18 heavy (non-hydrogen) atoms. The quantitative estimate of drug-likeness (QED) is 0.860. The van der Waals surface area contributed by atoms with Crippen molar-refractivity contribution >= 4 is 33.5 Å². The Balaban J connectivity index is 2.79. The molecule has 0 aliphatic carbocycles. The van der Waals surface area contributed by atoms with Gasteiger partial charge in [0.05, 0.1) is 6.42 Å². The molecule has 0 aliphatic heterocycles. The maximum absolute atomic E-state index is 10.7. The molecule has 1 unspecified atom stereocenters. The van der Waals surface area contributed by atoms with Gasteiger partial charge in [-0.1, -0.05) is 34.5 Å². The third kappa shape index (κ3) is 4.59. The summed E-state index contributed by atoms with van der Waals surface area (Å²) in [7, 11) is 0. The Bertz CT molecular complexity index is 425. The Morgan fingerprint density at radius 2 is 2.22 bits per heavy atom. The van der Waals surface area contributed by atoms with E-state index >= 15 is 0 Å². The van der Waals surface area contributed by atoms with Gasteiger partial charge in [0.2, 0.25) is 0 Å². The summed E-state index contributed by atoms with van der Waals surface area (Å²) in [5.41, 5.74) is 1.00. The van der Waals surface area contributed by atoms with E-state index in [1.165, 1.54) is 0 Å². The molecule has 0 fully saturated rings. The minimum atomic E-state index is -0.777. The van der Waals surface area contributed by atoms with Crippen molar-refractivity contribution in [1.82, 2.24) is 4.90 Å². The van der Waals surface area contributed by atoms with Crippen LogP contribution in [0.2, 0.25) is 5.02 Å². The molecule has 1 aromatic carbocycles. The zero-order chi connectivity index (χ0) is 13.7. The number of aliphatic carboxylic acids is 1. The fourth-order valence-corrected chi connectivity index (χ4v) is 2.43. The monoisotopic (exact) mass is 333 g/mol. The first-order valence-electron chi connectivity index (χ1n) is 5.83. The molecule has 0 bridgehead atoms. The van der Waals surface area contributed by atoms with Gasteiger partial charge < -0.3 is 5.11 Å². The Kier molecular flexibility index (Phi) is 6.12. The van der Waals surface area contributed by atoms with Crippen LogP contribution in [0.3, 0.4) is 0 Å². The molecule has 0 heterocycles. The summed E-state index contributed by atoms with van der Waals surface area (Å²) in [5.74, 6) is -0.777. The van der Waals surface area contributed by atoms with Crippen molar-refractivity contribution in [2.45, 2.75) is 32.9 Å². The highest BCUT2D eigenvalue weighted by atomic mass is 79.9. The van der Waals surface area contributed by atoms with Crippen molar-refractivity contribution in [1.29, 1.82) is 0 Å². The van der Waals surface area contributed by atoms with Gasteiger partial charge in [-0.3, -0.25) is 9.69 Å². The molecule has 1 atom stereocenters. The molecular weight excluding hydrogens is 318 g/mol. The molecule has 0 saturated carbocycles. The van der Waals surface area contributed by atoms with Crippen LogP contribution >= 0.6 is 27.5 Å². The molecule has 0 radical (unpaired) electrons. The minimum absolute atomic E-state index is 0.0115. The van der Waals surface area contributed by atoms with Gasteiger partial charge in [0.1, 0.15) is 0 Å². The van der Waals surface area contributed by atoms with Crippen molar-refractivity contribution in [3.05, 3.63) is 33.3 Å². The van der Waals surface area contributed by atoms with Gasteiger partial charge in [-0.15, -0.1) is 0 Å². The van der Waals surface area contributed by atoms with Crippen LogP contribution in [0, 0.1) is 0 Å². The normalized spacial score (nSPS) is 12.7. The Hall–Kier alpha value is -0.580. The zero-order valence-corrected chi connectivity index (χ0v) is 12.8. The highest BCUT2D eigenvalue weighted by Crippen LogP contribution is 2.23. The molecule has 0 amide bonds. The van der Waals surface area contributed by atoms with Crippen molar-refractivity contribution in [2.24, 2.45) is 0 Å². The van der Waals surface area contributed by atoms with Crippen LogP contribution in [-0.2, 0) is 11.3 Å². The van der Waals surface area contributed by atoms with Crippen LogP contribution in [0.4, 0.5) is 0 Å². The Morgan fingerprint density at radius 3 is 2.78 bits per heavy atom. The van der Waals surface area contributed by atoms with Gasteiger partial charge in [-0.05, 0) is 37.2 Å². The summed E-state index contributed by atoms with van der Waals surface area (Å²) >= 11 is 9.56. The predicted octanol–water partition coefficient (Wildman–Crippen LogP) is 3.79. The Labute approximate surface area is 121 Å². The summed E-state index contributed by atoms with van der Waals surface area (Å²) in [6, 6.07) is 5.69. The second-order valence-electron chi connectivity index (χ2n) is 4.25. The number of hydrogen-bond acceptors (Lipinski definition) is 2. The molecule has 0 spiro atoms. The molecule has 100 valence electrons. The average Bonchev–Trinajstić information content (AvgIpc) is 2.29. The summed E-state index contributed by atoms with van der Waals surface area (Å²) < 4.78 is 0.976. The van der Waals surface area contributed by atoms with Crippen LogP contribution in [0.5, 0.6) is 0 Å². The maximum Gasteiger partial charge on any atom is 0.304 e. The third-order valence-corrected chi connectivity index (χ3v) is 3.74. The Morgan fingerprint density at radius 1 is 1.56 bits per heavy atom. The zero-order valence-electron chi connectivity index (χ0n) is 10.5. The van der Waals surface area contributed by atoms with E-state index in [1.54, 1.807) is 0 Å². The number of rotatable bonds is 6. The lowest BCUT2D eigenvalue weighted by Crippen LogP contribution is -2.34. The molecule has 0 aromatic heterocycles.